The van der Waals surface area contributed by atoms with Crippen molar-refractivity contribution in [3.05, 3.63) is 0 Å². The second kappa shape index (κ2) is 6.74. The molecule has 0 heterocycles. The molecule has 8 heteroatoms. The number of carbonyl (C=O) groups excluding carboxylic acids is 4. The molecule has 4 saturated carbocycles. The molecule has 0 aromatic heterocycles. The van der Waals surface area contributed by atoms with Crippen molar-refractivity contribution in [3.63, 3.8) is 0 Å². The van der Waals surface area contributed by atoms with Gasteiger partial charge < -0.3 is 18.9 Å². The molecule has 0 spiro atoms. The first-order chi connectivity index (χ1) is 13.2. The van der Waals surface area contributed by atoms with Gasteiger partial charge in [0.05, 0.1) is 0 Å². The van der Waals surface area contributed by atoms with Gasteiger partial charge in [-0.25, -0.2) is 0 Å². The summed E-state index contributed by atoms with van der Waals surface area (Å²) in [6, 6.07) is 0. The van der Waals surface area contributed by atoms with Crippen LogP contribution in [0.25, 0.3) is 0 Å². The summed E-state index contributed by atoms with van der Waals surface area (Å²) in [5.41, 5.74) is 0. The predicted octanol–water partition coefficient (Wildman–Crippen LogP) is 1.24. The smallest absolute Gasteiger partial charge is 0.303 e. The Kier molecular flexibility index (Phi) is 4.62. The molecule has 4 bridgehead atoms. The maximum atomic E-state index is 11.7. The first-order valence-corrected chi connectivity index (χ1v) is 9.88. The lowest BCUT2D eigenvalue weighted by Gasteiger charge is -2.45. The van der Waals surface area contributed by atoms with Gasteiger partial charge in [0.1, 0.15) is 24.4 Å². The Labute approximate surface area is 163 Å². The van der Waals surface area contributed by atoms with E-state index in [4.69, 9.17) is 18.9 Å². The fourth-order valence-electron chi connectivity index (χ4n) is 6.81. The number of rotatable bonds is 4. The minimum Gasteiger partial charge on any atom is -0.458 e. The second-order valence-electron chi connectivity index (χ2n) is 8.58. The Hall–Kier alpha value is -2.12. The summed E-state index contributed by atoms with van der Waals surface area (Å²) in [5.74, 6) is -1.00. The number of hydrogen-bond acceptors (Lipinski definition) is 8. The summed E-state index contributed by atoms with van der Waals surface area (Å²) < 4.78 is 22.3. The Balaban J connectivity index is 1.64. The summed E-state index contributed by atoms with van der Waals surface area (Å²) in [7, 11) is 0. The lowest BCUT2D eigenvalue weighted by Crippen LogP contribution is -2.54. The lowest BCUT2D eigenvalue weighted by atomic mass is 9.67. The van der Waals surface area contributed by atoms with Crippen LogP contribution in [0.1, 0.15) is 40.5 Å². The molecule has 0 aromatic rings. The highest BCUT2D eigenvalue weighted by Gasteiger charge is 2.73. The topological polar surface area (TPSA) is 105 Å². The minimum absolute atomic E-state index is 0.0505. The van der Waals surface area contributed by atoms with E-state index in [2.05, 4.69) is 0 Å². The maximum Gasteiger partial charge on any atom is 0.303 e. The Morgan fingerprint density at radius 3 is 0.893 bits per heavy atom. The SMILES string of the molecule is CC(=O)O[C@@H]1[C@H](OC(C)=O)[C@@H]2C[C@H]1C1C2[C@@H]2C[C@H]1[C@@H](OC(C)=O)[C@H]2OC(C)=O. The van der Waals surface area contributed by atoms with E-state index in [-0.39, 0.29) is 35.5 Å². The average molecular weight is 394 g/mol. The van der Waals surface area contributed by atoms with Gasteiger partial charge in [-0.3, -0.25) is 19.2 Å². The molecule has 0 amide bonds. The number of ether oxygens (including phenoxy) is 4. The van der Waals surface area contributed by atoms with Crippen molar-refractivity contribution in [1.82, 2.24) is 0 Å². The van der Waals surface area contributed by atoms with Crippen LogP contribution in [0.5, 0.6) is 0 Å². The molecule has 8 nitrogen and oxygen atoms in total. The summed E-state index contributed by atoms with van der Waals surface area (Å²) in [6.07, 6.45) is -0.320. The summed E-state index contributed by atoms with van der Waals surface area (Å²) in [5, 5.41) is 0. The van der Waals surface area contributed by atoms with Crippen LogP contribution in [0.3, 0.4) is 0 Å². The van der Waals surface area contributed by atoms with Crippen molar-refractivity contribution in [1.29, 1.82) is 0 Å². The second-order valence-corrected chi connectivity index (χ2v) is 8.58. The Morgan fingerprint density at radius 1 is 0.500 bits per heavy atom. The third kappa shape index (κ3) is 2.88. The van der Waals surface area contributed by atoms with Crippen LogP contribution in [0.4, 0.5) is 0 Å². The van der Waals surface area contributed by atoms with Crippen LogP contribution >= 0.6 is 0 Å². The minimum atomic E-state index is -0.475. The van der Waals surface area contributed by atoms with Gasteiger partial charge in [-0.15, -0.1) is 0 Å². The molecule has 154 valence electrons. The molecule has 0 radical (unpaired) electrons. The van der Waals surface area contributed by atoms with Gasteiger partial charge in [0.2, 0.25) is 0 Å². The highest BCUT2D eigenvalue weighted by Crippen LogP contribution is 2.69. The van der Waals surface area contributed by atoms with Crippen LogP contribution in [-0.2, 0) is 38.1 Å². The fourth-order valence-corrected chi connectivity index (χ4v) is 6.81. The molecular formula is C20H26O8. The highest BCUT2D eigenvalue weighted by atomic mass is 16.6. The van der Waals surface area contributed by atoms with Gasteiger partial charge in [0.15, 0.2) is 0 Å². The molecule has 4 fully saturated rings. The van der Waals surface area contributed by atoms with Crippen molar-refractivity contribution in [2.45, 2.75) is 65.0 Å². The number of carbonyl (C=O) groups is 4. The first kappa shape index (κ1) is 19.2. The third-order valence-corrected chi connectivity index (χ3v) is 7.05. The zero-order valence-electron chi connectivity index (χ0n) is 16.5. The van der Waals surface area contributed by atoms with E-state index in [1.807, 2.05) is 0 Å². The van der Waals surface area contributed by atoms with E-state index in [9.17, 15) is 19.2 Å². The van der Waals surface area contributed by atoms with Gasteiger partial charge >= 0.3 is 23.9 Å². The third-order valence-electron chi connectivity index (χ3n) is 7.05. The summed E-state index contributed by atoms with van der Waals surface area (Å²) in [6.45, 7) is 5.42. The van der Waals surface area contributed by atoms with E-state index in [0.29, 0.717) is 0 Å². The monoisotopic (exact) mass is 394 g/mol. The van der Waals surface area contributed by atoms with Crippen molar-refractivity contribution in [3.8, 4) is 0 Å². The largest absolute Gasteiger partial charge is 0.458 e. The van der Waals surface area contributed by atoms with Crippen LogP contribution in [0, 0.1) is 35.5 Å². The number of hydrogen-bond donors (Lipinski definition) is 0. The van der Waals surface area contributed by atoms with E-state index in [0.717, 1.165) is 12.8 Å². The zero-order valence-corrected chi connectivity index (χ0v) is 16.5. The molecular weight excluding hydrogens is 368 g/mol. The quantitative estimate of drug-likeness (QED) is 0.398. The van der Waals surface area contributed by atoms with Crippen molar-refractivity contribution in [2.75, 3.05) is 0 Å². The standard InChI is InChI=1S/C20H26O8/c1-7(21)25-17-11-5-12(18(17)26-8(2)22)16-14-6-13(15(11)16)19(27-9(3)23)20(14)28-10(4)24/h11-20H,5-6H2,1-4H3/t11-,12+,13+,14-,15?,16?,17-,18+,19+,20-. The number of fused-ring (bicyclic) bond motifs is 9. The molecule has 4 aliphatic carbocycles. The molecule has 0 N–H and O–H groups in total. The van der Waals surface area contributed by atoms with Crippen LogP contribution < -0.4 is 0 Å². The molecule has 0 aliphatic heterocycles. The van der Waals surface area contributed by atoms with Gasteiger partial charge in [0.25, 0.3) is 0 Å². The molecule has 0 saturated heterocycles. The summed E-state index contributed by atoms with van der Waals surface area (Å²) in [4.78, 5) is 46.6. The highest BCUT2D eigenvalue weighted by molar-refractivity contribution is 5.68. The van der Waals surface area contributed by atoms with Crippen LogP contribution in [0.2, 0.25) is 0 Å². The molecule has 2 unspecified atom stereocenters. The molecule has 4 aliphatic rings. The molecule has 0 aromatic carbocycles. The van der Waals surface area contributed by atoms with Gasteiger partial charge in [-0.05, 0) is 24.7 Å². The normalized spacial score (nSPS) is 44.7. The van der Waals surface area contributed by atoms with E-state index in [1.165, 1.54) is 27.7 Å². The summed E-state index contributed by atoms with van der Waals surface area (Å²) >= 11 is 0. The van der Waals surface area contributed by atoms with Crippen LogP contribution in [0.15, 0.2) is 0 Å². The lowest BCUT2D eigenvalue weighted by molar-refractivity contribution is -0.192. The van der Waals surface area contributed by atoms with E-state index < -0.39 is 48.3 Å². The van der Waals surface area contributed by atoms with Crippen molar-refractivity contribution < 1.29 is 38.1 Å². The van der Waals surface area contributed by atoms with Gasteiger partial charge in [-0.1, -0.05) is 0 Å². The molecule has 10 atom stereocenters. The fraction of sp³-hybridized carbons (Fsp3) is 0.800. The van der Waals surface area contributed by atoms with Crippen molar-refractivity contribution >= 4 is 23.9 Å². The van der Waals surface area contributed by atoms with E-state index >= 15 is 0 Å². The average Bonchev–Trinajstić information content (AvgIpc) is 3.26. The zero-order chi connectivity index (χ0) is 20.3. The maximum absolute atomic E-state index is 11.7. The molecule has 28 heavy (non-hydrogen) atoms. The Bertz CT molecular complexity index is 601. The number of esters is 4. The Morgan fingerprint density at radius 2 is 0.714 bits per heavy atom. The first-order valence-electron chi connectivity index (χ1n) is 9.88. The van der Waals surface area contributed by atoms with Gasteiger partial charge in [-0.2, -0.15) is 0 Å². The van der Waals surface area contributed by atoms with Crippen LogP contribution in [-0.4, -0.2) is 48.3 Å². The van der Waals surface area contributed by atoms with Crippen molar-refractivity contribution in [2.24, 2.45) is 35.5 Å². The predicted molar refractivity (Wildman–Crippen MR) is 92.4 cm³/mol. The molecule has 4 rings (SSSR count). The van der Waals surface area contributed by atoms with Gasteiger partial charge in [0, 0.05) is 51.4 Å². The van der Waals surface area contributed by atoms with E-state index in [1.54, 1.807) is 0 Å².